The Morgan fingerprint density at radius 1 is 0.938 bits per heavy atom. The lowest BCUT2D eigenvalue weighted by Gasteiger charge is -2.15. The lowest BCUT2D eigenvalue weighted by atomic mass is 9.90. The van der Waals surface area contributed by atoms with Crippen LogP contribution in [0.3, 0.4) is 0 Å². The Bertz CT molecular complexity index is 152. The topological polar surface area (TPSA) is 12.5 Å². The number of unbranched alkanes of at least 4 members (excludes halogenated alkanes) is 4. The van der Waals surface area contributed by atoms with Gasteiger partial charge in [-0.25, -0.2) is 0 Å². The van der Waals surface area contributed by atoms with Gasteiger partial charge in [-0.1, -0.05) is 65.2 Å². The first-order chi connectivity index (χ1) is 7.86. The maximum absolute atomic E-state index is 5.31. The van der Waals surface area contributed by atoms with Crippen LogP contribution < -0.4 is 0 Å². The van der Waals surface area contributed by atoms with Gasteiger partial charge in [-0.05, 0) is 18.8 Å². The summed E-state index contributed by atoms with van der Waals surface area (Å²) in [6.07, 6.45) is 14.7. The van der Waals surface area contributed by atoms with Gasteiger partial charge in [0.2, 0.25) is 0 Å². The third-order valence-corrected chi connectivity index (χ3v) is 3.73. The van der Waals surface area contributed by atoms with Crippen LogP contribution in [0.2, 0.25) is 0 Å². The fraction of sp³-hybridized carbons (Fsp3) is 1.00. The Kier molecular flexibility index (Phi) is 7.92. The molecule has 0 N–H and O–H groups in total. The summed E-state index contributed by atoms with van der Waals surface area (Å²) in [5.74, 6) is 0.987. The second-order valence-corrected chi connectivity index (χ2v) is 5.39. The molecule has 1 fully saturated rings. The van der Waals surface area contributed by atoms with Crippen molar-refractivity contribution in [2.75, 3.05) is 6.61 Å². The molecule has 16 heavy (non-hydrogen) atoms. The zero-order valence-electron chi connectivity index (χ0n) is 11.3. The monoisotopic (exact) mass is 226 g/mol. The molecular weight excluding hydrogens is 196 g/mol. The van der Waals surface area contributed by atoms with Crippen molar-refractivity contribution in [3.63, 3.8) is 0 Å². The Labute approximate surface area is 102 Å². The first-order valence-corrected chi connectivity index (χ1v) is 7.48. The molecule has 1 aliphatic rings. The average Bonchev–Trinajstić information content (AvgIpc) is 3.11. The number of rotatable bonds is 11. The molecule has 0 bridgehead atoms. The van der Waals surface area contributed by atoms with E-state index in [-0.39, 0.29) is 0 Å². The van der Waals surface area contributed by atoms with Crippen LogP contribution in [0, 0.1) is 5.92 Å². The van der Waals surface area contributed by atoms with Gasteiger partial charge in [-0.15, -0.1) is 0 Å². The predicted octanol–water partition coefficient (Wildman–Crippen LogP) is 4.94. The second kappa shape index (κ2) is 9.04. The summed E-state index contributed by atoms with van der Waals surface area (Å²) in [4.78, 5) is 0. The van der Waals surface area contributed by atoms with E-state index in [2.05, 4.69) is 13.8 Å². The smallest absolute Gasteiger partial charge is 0.0810 e. The summed E-state index contributed by atoms with van der Waals surface area (Å²) in [5.41, 5.74) is 0. The van der Waals surface area contributed by atoms with Crippen molar-refractivity contribution in [2.45, 2.75) is 84.2 Å². The molecule has 0 aromatic carbocycles. The Balaban J connectivity index is 2.03. The highest BCUT2D eigenvalue weighted by Gasteiger charge is 2.23. The molecule has 0 saturated carbocycles. The third kappa shape index (κ3) is 7.27. The van der Waals surface area contributed by atoms with Gasteiger partial charge in [0.1, 0.15) is 0 Å². The molecule has 0 amide bonds. The normalized spacial score (nSPS) is 21.0. The summed E-state index contributed by atoms with van der Waals surface area (Å²) in [7, 11) is 0. The van der Waals surface area contributed by atoms with Gasteiger partial charge in [0.05, 0.1) is 12.7 Å². The fourth-order valence-corrected chi connectivity index (χ4v) is 2.44. The zero-order valence-corrected chi connectivity index (χ0v) is 11.3. The lowest BCUT2D eigenvalue weighted by Crippen LogP contribution is -2.03. The van der Waals surface area contributed by atoms with Crippen LogP contribution in [0.1, 0.15) is 78.1 Å². The Morgan fingerprint density at radius 2 is 1.62 bits per heavy atom. The fourth-order valence-electron chi connectivity index (χ4n) is 2.44. The minimum absolute atomic E-state index is 0.639. The van der Waals surface area contributed by atoms with Crippen molar-refractivity contribution in [3.05, 3.63) is 0 Å². The molecular formula is C15H30O. The van der Waals surface area contributed by atoms with E-state index in [4.69, 9.17) is 4.74 Å². The first-order valence-electron chi connectivity index (χ1n) is 7.48. The van der Waals surface area contributed by atoms with E-state index in [0.717, 1.165) is 12.5 Å². The molecule has 0 aromatic rings. The maximum Gasteiger partial charge on any atom is 0.0810 e. The van der Waals surface area contributed by atoms with E-state index in [1.165, 1.54) is 64.2 Å². The van der Waals surface area contributed by atoms with Crippen LogP contribution in [0.4, 0.5) is 0 Å². The first kappa shape index (κ1) is 14.0. The molecule has 0 aromatic heterocycles. The quantitative estimate of drug-likeness (QED) is 0.359. The molecule has 2 atom stereocenters. The van der Waals surface area contributed by atoms with E-state index < -0.39 is 0 Å². The number of epoxide rings is 1. The van der Waals surface area contributed by atoms with Crippen molar-refractivity contribution in [1.82, 2.24) is 0 Å². The summed E-state index contributed by atoms with van der Waals surface area (Å²) in [6, 6.07) is 0. The average molecular weight is 226 g/mol. The maximum atomic E-state index is 5.31. The van der Waals surface area contributed by atoms with E-state index in [9.17, 15) is 0 Å². The Hall–Kier alpha value is -0.0400. The molecule has 0 spiro atoms. The number of ether oxygens (including phenoxy) is 1. The molecule has 96 valence electrons. The molecule has 1 rings (SSSR count). The molecule has 0 radical (unpaired) electrons. The summed E-state index contributed by atoms with van der Waals surface area (Å²) >= 11 is 0. The lowest BCUT2D eigenvalue weighted by molar-refractivity contribution is 0.336. The van der Waals surface area contributed by atoms with Crippen LogP contribution in [0.5, 0.6) is 0 Å². The van der Waals surface area contributed by atoms with Gasteiger partial charge in [0.15, 0.2) is 0 Å². The predicted molar refractivity (Wildman–Crippen MR) is 70.7 cm³/mol. The molecule has 1 nitrogen and oxygen atoms in total. The van der Waals surface area contributed by atoms with Gasteiger partial charge < -0.3 is 4.74 Å². The van der Waals surface area contributed by atoms with Crippen molar-refractivity contribution in [1.29, 1.82) is 0 Å². The molecule has 1 heteroatoms. The minimum atomic E-state index is 0.639. The van der Waals surface area contributed by atoms with Crippen LogP contribution >= 0.6 is 0 Å². The van der Waals surface area contributed by atoms with E-state index in [1.54, 1.807) is 0 Å². The van der Waals surface area contributed by atoms with E-state index >= 15 is 0 Å². The summed E-state index contributed by atoms with van der Waals surface area (Å²) in [6.45, 7) is 5.63. The standard InChI is InChI=1S/C15H30O/c1-3-5-7-8-10-14(9-6-4-2)11-12-15-13-16-15/h14-15H,3-13H2,1-2H3. The molecule has 1 saturated heterocycles. The van der Waals surface area contributed by atoms with Crippen molar-refractivity contribution < 1.29 is 4.74 Å². The van der Waals surface area contributed by atoms with Crippen LogP contribution in [-0.2, 0) is 4.74 Å². The van der Waals surface area contributed by atoms with Crippen LogP contribution in [0.15, 0.2) is 0 Å². The summed E-state index contributed by atoms with van der Waals surface area (Å²) in [5, 5.41) is 0. The zero-order chi connectivity index (χ0) is 11.6. The number of hydrogen-bond acceptors (Lipinski definition) is 1. The highest BCUT2D eigenvalue weighted by Crippen LogP contribution is 2.26. The van der Waals surface area contributed by atoms with Crippen LogP contribution in [-0.4, -0.2) is 12.7 Å². The Morgan fingerprint density at radius 3 is 2.25 bits per heavy atom. The van der Waals surface area contributed by atoms with Crippen molar-refractivity contribution in [2.24, 2.45) is 5.92 Å². The second-order valence-electron chi connectivity index (χ2n) is 5.39. The van der Waals surface area contributed by atoms with Crippen molar-refractivity contribution in [3.8, 4) is 0 Å². The van der Waals surface area contributed by atoms with Gasteiger partial charge in [-0.3, -0.25) is 0 Å². The van der Waals surface area contributed by atoms with Gasteiger partial charge in [-0.2, -0.15) is 0 Å². The highest BCUT2D eigenvalue weighted by atomic mass is 16.6. The summed E-state index contributed by atoms with van der Waals surface area (Å²) < 4.78 is 5.31. The van der Waals surface area contributed by atoms with Gasteiger partial charge in [0, 0.05) is 0 Å². The van der Waals surface area contributed by atoms with E-state index in [1.807, 2.05) is 0 Å². The molecule has 1 aliphatic heterocycles. The molecule has 0 aliphatic carbocycles. The molecule has 1 heterocycles. The van der Waals surface area contributed by atoms with E-state index in [0.29, 0.717) is 6.10 Å². The highest BCUT2D eigenvalue weighted by molar-refractivity contribution is 4.71. The minimum Gasteiger partial charge on any atom is -0.373 e. The van der Waals surface area contributed by atoms with Gasteiger partial charge in [0.25, 0.3) is 0 Å². The number of hydrogen-bond donors (Lipinski definition) is 0. The largest absolute Gasteiger partial charge is 0.373 e. The molecule has 2 unspecified atom stereocenters. The SMILES string of the molecule is CCCCCCC(CCCC)CCC1CO1. The van der Waals surface area contributed by atoms with Crippen LogP contribution in [0.25, 0.3) is 0 Å². The van der Waals surface area contributed by atoms with Crippen molar-refractivity contribution >= 4 is 0 Å². The third-order valence-electron chi connectivity index (χ3n) is 3.73. The van der Waals surface area contributed by atoms with Gasteiger partial charge >= 0.3 is 0 Å².